The van der Waals surface area contributed by atoms with Crippen LogP contribution in [0.4, 0.5) is 11.4 Å². The van der Waals surface area contributed by atoms with Gasteiger partial charge >= 0.3 is 0 Å². The summed E-state index contributed by atoms with van der Waals surface area (Å²) < 4.78 is 11.6. The lowest BCUT2D eigenvalue weighted by atomic mass is 10.1. The van der Waals surface area contributed by atoms with Crippen LogP contribution >= 0.6 is 0 Å². The van der Waals surface area contributed by atoms with Gasteiger partial charge in [0.05, 0.1) is 6.42 Å². The Bertz CT molecular complexity index is 1210. The number of para-hydroxylation sites is 1. The minimum absolute atomic E-state index is 0.0567. The van der Waals surface area contributed by atoms with Crippen LogP contribution in [0.5, 0.6) is 17.2 Å². The molecule has 2 N–H and O–H groups in total. The van der Waals surface area contributed by atoms with E-state index in [9.17, 15) is 4.79 Å². The maximum absolute atomic E-state index is 12.2. The van der Waals surface area contributed by atoms with Crippen molar-refractivity contribution in [2.75, 3.05) is 17.2 Å². The smallest absolute Gasteiger partial charge is 0.228 e. The summed E-state index contributed by atoms with van der Waals surface area (Å²) >= 11 is 0. The van der Waals surface area contributed by atoms with E-state index in [0.29, 0.717) is 24.5 Å². The third kappa shape index (κ3) is 7.00. The standard InChI is InChI=1S/C29H26N2O3/c1-22(21-33-26-10-6-3-7-11-26)30-24-12-16-27(17-13-24)34-28-18-14-25(15-19-28)31-29(32)20-23-8-4-2-5-9-23/h2-19,30H,1,20-21H2,(H,31,32). The molecule has 34 heavy (non-hydrogen) atoms. The van der Waals surface area contributed by atoms with Gasteiger partial charge in [-0.1, -0.05) is 55.1 Å². The summed E-state index contributed by atoms with van der Waals surface area (Å²) in [6.45, 7) is 4.38. The first-order valence-electron chi connectivity index (χ1n) is 11.0. The van der Waals surface area contributed by atoms with Crippen LogP contribution in [-0.2, 0) is 11.2 Å². The Labute approximate surface area is 199 Å². The molecule has 0 unspecified atom stereocenters. The summed E-state index contributed by atoms with van der Waals surface area (Å²) in [7, 11) is 0. The van der Waals surface area contributed by atoms with Crippen molar-refractivity contribution in [3.05, 3.63) is 127 Å². The average molecular weight is 451 g/mol. The average Bonchev–Trinajstić information content (AvgIpc) is 2.86. The summed E-state index contributed by atoms with van der Waals surface area (Å²) in [4.78, 5) is 12.2. The third-order valence-electron chi connectivity index (χ3n) is 4.91. The third-order valence-corrected chi connectivity index (χ3v) is 4.91. The van der Waals surface area contributed by atoms with Crippen molar-refractivity contribution in [1.82, 2.24) is 0 Å². The molecule has 5 heteroatoms. The minimum Gasteiger partial charge on any atom is -0.487 e. The zero-order valence-corrected chi connectivity index (χ0v) is 18.7. The molecule has 4 aromatic carbocycles. The lowest BCUT2D eigenvalue weighted by molar-refractivity contribution is -0.115. The Morgan fingerprint density at radius 3 is 1.76 bits per heavy atom. The molecule has 0 bridgehead atoms. The number of benzene rings is 4. The molecule has 0 spiro atoms. The molecular formula is C29H26N2O3. The predicted octanol–water partition coefficient (Wildman–Crippen LogP) is 6.66. The number of amides is 1. The van der Waals surface area contributed by atoms with E-state index in [1.165, 1.54) is 0 Å². The second-order valence-electron chi connectivity index (χ2n) is 7.69. The van der Waals surface area contributed by atoms with Crippen molar-refractivity contribution in [2.24, 2.45) is 0 Å². The first-order chi connectivity index (χ1) is 16.6. The van der Waals surface area contributed by atoms with E-state index < -0.39 is 0 Å². The first kappa shape index (κ1) is 22.7. The van der Waals surface area contributed by atoms with Gasteiger partial charge in [0, 0.05) is 17.1 Å². The molecule has 0 aliphatic heterocycles. The molecule has 0 aromatic heterocycles. The highest BCUT2D eigenvalue weighted by molar-refractivity contribution is 5.92. The van der Waals surface area contributed by atoms with Crippen molar-refractivity contribution in [2.45, 2.75) is 6.42 Å². The van der Waals surface area contributed by atoms with Crippen molar-refractivity contribution in [1.29, 1.82) is 0 Å². The van der Waals surface area contributed by atoms with Crippen molar-refractivity contribution in [3.63, 3.8) is 0 Å². The van der Waals surface area contributed by atoms with Gasteiger partial charge in [0.25, 0.3) is 0 Å². The molecule has 170 valence electrons. The monoisotopic (exact) mass is 450 g/mol. The van der Waals surface area contributed by atoms with E-state index in [0.717, 1.165) is 28.4 Å². The fourth-order valence-corrected chi connectivity index (χ4v) is 3.26. The largest absolute Gasteiger partial charge is 0.487 e. The van der Waals surface area contributed by atoms with E-state index in [2.05, 4.69) is 17.2 Å². The van der Waals surface area contributed by atoms with Crippen LogP contribution in [0.1, 0.15) is 5.56 Å². The maximum atomic E-state index is 12.2. The van der Waals surface area contributed by atoms with E-state index in [1.807, 2.05) is 109 Å². The topological polar surface area (TPSA) is 59.6 Å². The zero-order chi connectivity index (χ0) is 23.6. The first-order valence-corrected chi connectivity index (χ1v) is 11.0. The highest BCUT2D eigenvalue weighted by atomic mass is 16.5. The van der Waals surface area contributed by atoms with Crippen LogP contribution in [-0.4, -0.2) is 12.5 Å². The number of hydrogen-bond acceptors (Lipinski definition) is 4. The van der Waals surface area contributed by atoms with Crippen LogP contribution in [0.25, 0.3) is 0 Å². The molecule has 0 heterocycles. The van der Waals surface area contributed by atoms with Crippen LogP contribution in [0.3, 0.4) is 0 Å². The Morgan fingerprint density at radius 2 is 1.18 bits per heavy atom. The molecule has 0 aliphatic carbocycles. The van der Waals surface area contributed by atoms with Crippen LogP contribution in [0.15, 0.2) is 121 Å². The van der Waals surface area contributed by atoms with Gasteiger partial charge in [-0.15, -0.1) is 0 Å². The quantitative estimate of drug-likeness (QED) is 0.283. The van der Waals surface area contributed by atoms with E-state index >= 15 is 0 Å². The Hall–Kier alpha value is -4.51. The van der Waals surface area contributed by atoms with Crippen molar-refractivity contribution < 1.29 is 14.3 Å². The van der Waals surface area contributed by atoms with Crippen LogP contribution in [0.2, 0.25) is 0 Å². The van der Waals surface area contributed by atoms with Gasteiger partial charge in [0.15, 0.2) is 0 Å². The highest BCUT2D eigenvalue weighted by Gasteiger charge is 2.05. The summed E-state index contributed by atoms with van der Waals surface area (Å²) in [5, 5.41) is 6.14. The fourth-order valence-electron chi connectivity index (χ4n) is 3.26. The molecule has 0 aliphatic rings. The SMILES string of the molecule is C=C(COc1ccccc1)Nc1ccc(Oc2ccc(NC(=O)Cc3ccccc3)cc2)cc1. The fraction of sp³-hybridized carbons (Fsp3) is 0.0690. The van der Waals surface area contributed by atoms with Gasteiger partial charge in [-0.2, -0.15) is 0 Å². The Balaban J connectivity index is 1.24. The summed E-state index contributed by atoms with van der Waals surface area (Å²) in [5.74, 6) is 2.13. The molecule has 0 atom stereocenters. The van der Waals surface area contributed by atoms with Gasteiger partial charge < -0.3 is 20.1 Å². The van der Waals surface area contributed by atoms with Gasteiger partial charge in [0.2, 0.25) is 5.91 Å². The molecule has 4 aromatic rings. The molecule has 5 nitrogen and oxygen atoms in total. The van der Waals surface area contributed by atoms with Crippen LogP contribution < -0.4 is 20.1 Å². The summed E-state index contributed by atoms with van der Waals surface area (Å²) in [6.07, 6.45) is 0.338. The Kier molecular flexibility index (Phi) is 7.59. The molecule has 0 fully saturated rings. The number of ether oxygens (including phenoxy) is 2. The van der Waals surface area contributed by atoms with Gasteiger partial charge in [0.1, 0.15) is 23.9 Å². The molecule has 0 radical (unpaired) electrons. The lowest BCUT2D eigenvalue weighted by Crippen LogP contribution is -2.14. The Morgan fingerprint density at radius 1 is 0.647 bits per heavy atom. The number of anilines is 2. The lowest BCUT2D eigenvalue weighted by Gasteiger charge is -2.12. The molecule has 4 rings (SSSR count). The van der Waals surface area contributed by atoms with E-state index in [-0.39, 0.29) is 5.91 Å². The van der Waals surface area contributed by atoms with E-state index in [4.69, 9.17) is 9.47 Å². The normalized spacial score (nSPS) is 10.2. The second kappa shape index (κ2) is 11.4. The molecular weight excluding hydrogens is 424 g/mol. The predicted molar refractivity (Wildman–Crippen MR) is 136 cm³/mol. The van der Waals surface area contributed by atoms with Crippen LogP contribution in [0, 0.1) is 0 Å². The van der Waals surface area contributed by atoms with Gasteiger partial charge in [-0.05, 0) is 66.2 Å². The van der Waals surface area contributed by atoms with Gasteiger partial charge in [-0.25, -0.2) is 0 Å². The number of rotatable bonds is 10. The number of hydrogen-bond donors (Lipinski definition) is 2. The van der Waals surface area contributed by atoms with Crippen molar-refractivity contribution in [3.8, 4) is 17.2 Å². The van der Waals surface area contributed by atoms with E-state index in [1.54, 1.807) is 0 Å². The number of carbonyl (C=O) groups is 1. The number of carbonyl (C=O) groups excluding carboxylic acids is 1. The van der Waals surface area contributed by atoms with Crippen molar-refractivity contribution >= 4 is 17.3 Å². The highest BCUT2D eigenvalue weighted by Crippen LogP contribution is 2.25. The molecule has 1 amide bonds. The second-order valence-corrected chi connectivity index (χ2v) is 7.69. The maximum Gasteiger partial charge on any atom is 0.228 e. The summed E-state index contributed by atoms with van der Waals surface area (Å²) in [5.41, 5.74) is 3.35. The zero-order valence-electron chi connectivity index (χ0n) is 18.7. The minimum atomic E-state index is -0.0567. The molecule has 0 saturated carbocycles. The van der Waals surface area contributed by atoms with Gasteiger partial charge in [-0.3, -0.25) is 4.79 Å². The summed E-state index contributed by atoms with van der Waals surface area (Å²) in [6, 6.07) is 34.2. The molecule has 0 saturated heterocycles. The number of nitrogens with one attached hydrogen (secondary N) is 2.